The fourth-order valence-corrected chi connectivity index (χ4v) is 6.86. The van der Waals surface area contributed by atoms with Crippen LogP contribution in [0.15, 0.2) is 0 Å². The highest BCUT2D eigenvalue weighted by atomic mass is 33.1. The summed E-state index contributed by atoms with van der Waals surface area (Å²) in [5.74, 6) is 1.74. The predicted octanol–water partition coefficient (Wildman–Crippen LogP) is 2.83. The quantitative estimate of drug-likeness (QED) is 0.616. The number of nitrogens with zero attached hydrogens (tertiary/aromatic N) is 1. The summed E-state index contributed by atoms with van der Waals surface area (Å²) in [6.07, 6.45) is 8.18. The van der Waals surface area contributed by atoms with Crippen LogP contribution in [0.3, 0.4) is 0 Å². The first-order chi connectivity index (χ1) is 10.7. The minimum atomic E-state index is 0.0305. The van der Waals surface area contributed by atoms with Crippen molar-refractivity contribution >= 4 is 33.4 Å². The monoisotopic (exact) mass is 342 g/mol. The van der Waals surface area contributed by atoms with Gasteiger partial charge in [-0.05, 0) is 32.1 Å². The van der Waals surface area contributed by atoms with Crippen molar-refractivity contribution in [2.75, 3.05) is 25.4 Å². The molecule has 0 aromatic heterocycles. The van der Waals surface area contributed by atoms with Crippen molar-refractivity contribution in [3.8, 4) is 0 Å². The van der Waals surface area contributed by atoms with Crippen LogP contribution in [-0.2, 0) is 9.59 Å². The van der Waals surface area contributed by atoms with Gasteiger partial charge in [0.15, 0.2) is 0 Å². The van der Waals surface area contributed by atoms with Crippen molar-refractivity contribution in [3.05, 3.63) is 0 Å². The Morgan fingerprint density at radius 1 is 1.41 bits per heavy atom. The van der Waals surface area contributed by atoms with Crippen molar-refractivity contribution in [1.82, 2.24) is 10.2 Å². The molecule has 22 heavy (non-hydrogen) atoms. The third-order valence-corrected chi connectivity index (χ3v) is 8.11. The molecule has 3 fully saturated rings. The topological polar surface area (TPSA) is 49.4 Å². The minimum Gasteiger partial charge on any atom is -0.355 e. The van der Waals surface area contributed by atoms with Gasteiger partial charge >= 0.3 is 0 Å². The van der Waals surface area contributed by atoms with Gasteiger partial charge in [0.2, 0.25) is 11.8 Å². The Hall–Kier alpha value is -0.360. The molecular formula is C16H26N2O2S2. The van der Waals surface area contributed by atoms with Gasteiger partial charge in [-0.25, -0.2) is 0 Å². The molecule has 2 atom stereocenters. The van der Waals surface area contributed by atoms with Crippen LogP contribution in [0.4, 0.5) is 0 Å². The van der Waals surface area contributed by atoms with Crippen molar-refractivity contribution in [1.29, 1.82) is 0 Å². The lowest BCUT2D eigenvalue weighted by atomic mass is 9.79. The summed E-state index contributed by atoms with van der Waals surface area (Å²) in [6.45, 7) is 2.41. The largest absolute Gasteiger partial charge is 0.355 e. The van der Waals surface area contributed by atoms with Crippen molar-refractivity contribution < 1.29 is 9.59 Å². The molecule has 0 aliphatic carbocycles. The lowest BCUT2D eigenvalue weighted by Crippen LogP contribution is -2.47. The van der Waals surface area contributed by atoms with Crippen LogP contribution in [0.25, 0.3) is 0 Å². The molecule has 0 radical (unpaired) electrons. The Kier molecular flexibility index (Phi) is 5.60. The van der Waals surface area contributed by atoms with Crippen molar-refractivity contribution in [3.63, 3.8) is 0 Å². The number of carbonyl (C=O) groups excluding carboxylic acids is 2. The first-order valence-electron chi connectivity index (χ1n) is 8.50. The fourth-order valence-electron chi connectivity index (χ4n) is 3.83. The van der Waals surface area contributed by atoms with Gasteiger partial charge in [-0.2, -0.15) is 0 Å². The fraction of sp³-hybridized carbons (Fsp3) is 0.875. The van der Waals surface area contributed by atoms with Gasteiger partial charge in [-0.3, -0.25) is 9.59 Å². The van der Waals surface area contributed by atoms with Gasteiger partial charge in [-0.1, -0.05) is 28.0 Å². The van der Waals surface area contributed by atoms with Crippen molar-refractivity contribution in [2.45, 2.75) is 56.6 Å². The summed E-state index contributed by atoms with van der Waals surface area (Å²) in [6, 6.07) is 0. The van der Waals surface area contributed by atoms with E-state index in [1.165, 1.54) is 25.0 Å². The Morgan fingerprint density at radius 3 is 3.05 bits per heavy atom. The number of piperidine rings is 1. The van der Waals surface area contributed by atoms with Gasteiger partial charge < -0.3 is 10.2 Å². The van der Waals surface area contributed by atoms with Crippen LogP contribution in [-0.4, -0.2) is 47.4 Å². The summed E-state index contributed by atoms with van der Waals surface area (Å²) in [5.41, 5.74) is 0.0305. The average molecular weight is 343 g/mol. The smallest absolute Gasteiger partial charge is 0.222 e. The Bertz CT molecular complexity index is 426. The number of hydrogen-bond acceptors (Lipinski definition) is 4. The molecule has 4 nitrogen and oxygen atoms in total. The Morgan fingerprint density at radius 2 is 2.32 bits per heavy atom. The molecule has 3 saturated heterocycles. The first kappa shape index (κ1) is 16.5. The molecule has 0 aromatic carbocycles. The second kappa shape index (κ2) is 7.47. The van der Waals surface area contributed by atoms with E-state index in [0.717, 1.165) is 44.1 Å². The number of unbranched alkanes of at least 4 members (excludes halogenated alkanes) is 1. The van der Waals surface area contributed by atoms with Crippen LogP contribution in [0.2, 0.25) is 0 Å². The number of rotatable bonds is 5. The average Bonchev–Trinajstić information content (AvgIpc) is 3.14. The molecular weight excluding hydrogens is 316 g/mol. The number of nitrogens with one attached hydrogen (secondary N) is 1. The van der Waals surface area contributed by atoms with Gasteiger partial charge in [0, 0.05) is 48.9 Å². The molecule has 2 amide bonds. The van der Waals surface area contributed by atoms with E-state index in [0.29, 0.717) is 18.7 Å². The summed E-state index contributed by atoms with van der Waals surface area (Å²) in [4.78, 5) is 26.0. The van der Waals surface area contributed by atoms with E-state index in [2.05, 4.69) is 5.32 Å². The van der Waals surface area contributed by atoms with Gasteiger partial charge in [0.05, 0.1) is 0 Å². The highest BCUT2D eigenvalue weighted by Crippen LogP contribution is 2.40. The van der Waals surface area contributed by atoms with E-state index in [-0.39, 0.29) is 11.3 Å². The van der Waals surface area contributed by atoms with Crippen LogP contribution in [0, 0.1) is 5.41 Å². The van der Waals surface area contributed by atoms with Crippen LogP contribution >= 0.6 is 21.6 Å². The molecule has 6 heteroatoms. The second-order valence-corrected chi connectivity index (χ2v) is 9.73. The highest BCUT2D eigenvalue weighted by molar-refractivity contribution is 8.77. The standard InChI is InChI=1S/C16H26N2O2S2/c19-14-10-16(11-17-14)7-3-8-18(12-16)15(20)5-2-1-4-13-6-9-21-22-13/h13H,1-12H2,(H,17,19)/t13-,16+/m1/s1. The molecule has 1 spiro atoms. The van der Waals surface area contributed by atoms with Crippen LogP contribution in [0.1, 0.15) is 51.4 Å². The number of likely N-dealkylation sites (tertiary alicyclic amines) is 1. The zero-order valence-electron chi connectivity index (χ0n) is 13.1. The molecule has 3 heterocycles. The highest BCUT2D eigenvalue weighted by Gasteiger charge is 2.42. The Balaban J connectivity index is 1.39. The molecule has 0 unspecified atom stereocenters. The number of carbonyl (C=O) groups is 2. The number of amides is 2. The third kappa shape index (κ3) is 4.13. The maximum Gasteiger partial charge on any atom is 0.222 e. The van der Waals surface area contributed by atoms with Gasteiger partial charge in [0.1, 0.15) is 0 Å². The first-order valence-corrected chi connectivity index (χ1v) is 10.9. The van der Waals surface area contributed by atoms with E-state index in [1.807, 2.05) is 26.5 Å². The zero-order valence-corrected chi connectivity index (χ0v) is 14.8. The van der Waals surface area contributed by atoms with E-state index in [4.69, 9.17) is 0 Å². The molecule has 3 rings (SSSR count). The summed E-state index contributed by atoms with van der Waals surface area (Å²) < 4.78 is 0. The van der Waals surface area contributed by atoms with Crippen molar-refractivity contribution in [2.24, 2.45) is 5.41 Å². The van der Waals surface area contributed by atoms with E-state index >= 15 is 0 Å². The third-order valence-electron chi connectivity index (χ3n) is 5.10. The second-order valence-electron chi connectivity index (χ2n) is 6.95. The molecule has 1 N–H and O–H groups in total. The molecule has 0 bridgehead atoms. The molecule has 3 aliphatic rings. The molecule has 3 aliphatic heterocycles. The van der Waals surface area contributed by atoms with E-state index in [9.17, 15) is 9.59 Å². The summed E-state index contributed by atoms with van der Waals surface area (Å²) >= 11 is 0. The van der Waals surface area contributed by atoms with Crippen LogP contribution in [0.5, 0.6) is 0 Å². The van der Waals surface area contributed by atoms with E-state index in [1.54, 1.807) is 0 Å². The maximum atomic E-state index is 12.4. The molecule has 0 aromatic rings. The normalized spacial score (nSPS) is 31.7. The SMILES string of the molecule is O=C1C[C@@]2(CCCN(C(=O)CCCC[C@@H]3CCSS3)C2)CN1. The lowest BCUT2D eigenvalue weighted by Gasteiger charge is -2.39. The van der Waals surface area contributed by atoms with Gasteiger partial charge in [-0.15, -0.1) is 0 Å². The van der Waals surface area contributed by atoms with Gasteiger partial charge in [0.25, 0.3) is 0 Å². The summed E-state index contributed by atoms with van der Waals surface area (Å²) in [5, 5.41) is 3.76. The zero-order chi connectivity index (χ0) is 15.4. The molecule has 0 saturated carbocycles. The maximum absolute atomic E-state index is 12.4. The Labute approximate surface area is 140 Å². The summed E-state index contributed by atoms with van der Waals surface area (Å²) in [7, 11) is 4.01. The number of hydrogen-bond donors (Lipinski definition) is 1. The van der Waals surface area contributed by atoms with Crippen LogP contribution < -0.4 is 5.32 Å². The molecule has 124 valence electrons. The van der Waals surface area contributed by atoms with E-state index < -0.39 is 0 Å². The predicted molar refractivity (Wildman–Crippen MR) is 92.8 cm³/mol. The minimum absolute atomic E-state index is 0.0305. The lowest BCUT2D eigenvalue weighted by molar-refractivity contribution is -0.135.